The second-order valence-corrected chi connectivity index (χ2v) is 4.50. The molecule has 16 heavy (non-hydrogen) atoms. The Morgan fingerprint density at radius 2 is 2.44 bits per heavy atom. The minimum atomic E-state index is -0.491. The molecule has 1 atom stereocenters. The van der Waals surface area contributed by atoms with Crippen molar-refractivity contribution in [2.75, 3.05) is 5.73 Å². The zero-order chi connectivity index (χ0) is 11.7. The molecule has 88 valence electrons. The van der Waals surface area contributed by atoms with Gasteiger partial charge < -0.3 is 5.73 Å². The molecule has 1 aliphatic rings. The van der Waals surface area contributed by atoms with Gasteiger partial charge in [-0.15, -0.1) is 0 Å². The van der Waals surface area contributed by atoms with Gasteiger partial charge in [0.25, 0.3) is 0 Å². The molecule has 6 nitrogen and oxygen atoms in total. The molecule has 0 spiro atoms. The van der Waals surface area contributed by atoms with Gasteiger partial charge in [0.15, 0.2) is 0 Å². The van der Waals surface area contributed by atoms with Crippen LogP contribution in [-0.4, -0.2) is 14.7 Å². The Balaban J connectivity index is 2.10. The molecule has 0 aromatic carbocycles. The Morgan fingerprint density at radius 3 is 2.88 bits per heavy atom. The summed E-state index contributed by atoms with van der Waals surface area (Å²) in [5.41, 5.74) is 5.60. The van der Waals surface area contributed by atoms with Crippen molar-refractivity contribution in [3.8, 4) is 0 Å². The van der Waals surface area contributed by atoms with Crippen LogP contribution in [0, 0.1) is 16.0 Å². The molecule has 1 aliphatic carbocycles. The van der Waals surface area contributed by atoms with E-state index in [1.54, 1.807) is 4.68 Å². The first-order valence-electron chi connectivity index (χ1n) is 5.57. The van der Waals surface area contributed by atoms with E-state index in [-0.39, 0.29) is 17.5 Å². The van der Waals surface area contributed by atoms with Crippen LogP contribution >= 0.6 is 0 Å². The van der Waals surface area contributed by atoms with Crippen LogP contribution in [0.4, 0.5) is 11.5 Å². The van der Waals surface area contributed by atoms with Crippen molar-refractivity contribution in [2.24, 2.45) is 5.92 Å². The molecule has 2 N–H and O–H groups in total. The summed E-state index contributed by atoms with van der Waals surface area (Å²) in [5.74, 6) is 0.898. The lowest BCUT2D eigenvalue weighted by atomic mass is 9.81. The summed E-state index contributed by atoms with van der Waals surface area (Å²) in [6, 6.07) is 0.138. The molecule has 0 radical (unpaired) electrons. The Bertz CT molecular complexity index is 398. The molecule has 0 amide bonds. The summed E-state index contributed by atoms with van der Waals surface area (Å²) >= 11 is 0. The number of hydrogen-bond donors (Lipinski definition) is 1. The molecule has 1 aromatic rings. The monoisotopic (exact) mass is 224 g/mol. The number of nitro groups is 1. The van der Waals surface area contributed by atoms with Crippen molar-refractivity contribution >= 4 is 11.5 Å². The van der Waals surface area contributed by atoms with Crippen LogP contribution in [0.1, 0.15) is 38.6 Å². The number of aromatic nitrogens is 2. The Morgan fingerprint density at radius 1 is 1.75 bits per heavy atom. The predicted molar refractivity (Wildman–Crippen MR) is 60.0 cm³/mol. The summed E-state index contributed by atoms with van der Waals surface area (Å²) in [5, 5.41) is 14.6. The van der Waals surface area contributed by atoms with E-state index in [1.165, 1.54) is 25.5 Å². The van der Waals surface area contributed by atoms with Gasteiger partial charge in [0.2, 0.25) is 5.82 Å². The van der Waals surface area contributed by atoms with Gasteiger partial charge in [0.1, 0.15) is 6.20 Å². The van der Waals surface area contributed by atoms with E-state index in [4.69, 9.17) is 5.73 Å². The van der Waals surface area contributed by atoms with E-state index in [2.05, 4.69) is 5.10 Å². The molecule has 1 fully saturated rings. The van der Waals surface area contributed by atoms with Crippen LogP contribution in [0.25, 0.3) is 0 Å². The number of rotatable bonds is 4. The van der Waals surface area contributed by atoms with Crippen molar-refractivity contribution in [1.82, 2.24) is 9.78 Å². The lowest BCUT2D eigenvalue weighted by Gasteiger charge is -2.28. The van der Waals surface area contributed by atoms with E-state index in [1.807, 2.05) is 6.92 Å². The van der Waals surface area contributed by atoms with Crippen LogP contribution < -0.4 is 5.73 Å². The predicted octanol–water partition coefficient (Wildman–Crippen LogP) is 2.12. The van der Waals surface area contributed by atoms with Crippen molar-refractivity contribution < 1.29 is 4.92 Å². The zero-order valence-corrected chi connectivity index (χ0v) is 9.30. The van der Waals surface area contributed by atoms with Gasteiger partial charge in [-0.05, 0) is 19.3 Å². The summed E-state index contributed by atoms with van der Waals surface area (Å²) < 4.78 is 1.57. The molecule has 1 saturated carbocycles. The van der Waals surface area contributed by atoms with Gasteiger partial charge in [-0.2, -0.15) is 5.10 Å². The SMILES string of the molecule is CC(CC1CCC1)n1ncc([N+](=O)[O-])c1N. The van der Waals surface area contributed by atoms with Crippen LogP contribution in [0.2, 0.25) is 0 Å². The van der Waals surface area contributed by atoms with Gasteiger partial charge in [0.05, 0.1) is 11.0 Å². The minimum Gasteiger partial charge on any atom is -0.378 e. The second-order valence-electron chi connectivity index (χ2n) is 4.50. The maximum atomic E-state index is 10.6. The van der Waals surface area contributed by atoms with Gasteiger partial charge >= 0.3 is 5.69 Å². The summed E-state index contributed by atoms with van der Waals surface area (Å²) in [6.07, 6.45) is 6.04. The quantitative estimate of drug-likeness (QED) is 0.626. The van der Waals surface area contributed by atoms with Crippen LogP contribution in [0.5, 0.6) is 0 Å². The first-order valence-corrected chi connectivity index (χ1v) is 5.57. The van der Waals surface area contributed by atoms with E-state index in [0.29, 0.717) is 0 Å². The van der Waals surface area contributed by atoms with Crippen LogP contribution in [-0.2, 0) is 0 Å². The van der Waals surface area contributed by atoms with Crippen molar-refractivity contribution in [3.63, 3.8) is 0 Å². The number of nitrogens with zero attached hydrogens (tertiary/aromatic N) is 3. The standard InChI is InChI=1S/C10H16N4O2/c1-7(5-8-3-2-4-8)13-10(11)9(6-12-13)14(15)16/h6-8H,2-5,11H2,1H3. The highest BCUT2D eigenvalue weighted by atomic mass is 16.6. The minimum absolute atomic E-state index is 0.0968. The second kappa shape index (κ2) is 4.11. The molecule has 0 bridgehead atoms. The molecule has 2 rings (SSSR count). The lowest BCUT2D eigenvalue weighted by Crippen LogP contribution is -2.18. The van der Waals surface area contributed by atoms with Crippen LogP contribution in [0.15, 0.2) is 6.20 Å². The largest absolute Gasteiger partial charge is 0.378 e. The maximum Gasteiger partial charge on any atom is 0.330 e. The van der Waals surface area contributed by atoms with Gasteiger partial charge in [0, 0.05) is 0 Å². The number of anilines is 1. The molecule has 6 heteroatoms. The highest BCUT2D eigenvalue weighted by Gasteiger charge is 2.25. The first kappa shape index (κ1) is 10.9. The first-order chi connectivity index (χ1) is 7.59. The average Bonchev–Trinajstić information content (AvgIpc) is 2.53. The molecule has 0 saturated heterocycles. The smallest absolute Gasteiger partial charge is 0.330 e. The normalized spacial score (nSPS) is 18.1. The average molecular weight is 224 g/mol. The molecule has 0 aliphatic heterocycles. The molecule has 1 heterocycles. The molecular formula is C10H16N4O2. The summed E-state index contributed by atoms with van der Waals surface area (Å²) in [4.78, 5) is 10.1. The Kier molecular flexibility index (Phi) is 2.80. The highest BCUT2D eigenvalue weighted by Crippen LogP contribution is 2.35. The summed E-state index contributed by atoms with van der Waals surface area (Å²) in [6.45, 7) is 2.01. The number of hydrogen-bond acceptors (Lipinski definition) is 4. The maximum absolute atomic E-state index is 10.6. The third kappa shape index (κ3) is 1.87. The molecular weight excluding hydrogens is 208 g/mol. The number of nitrogen functional groups attached to an aromatic ring is 1. The fourth-order valence-electron chi connectivity index (χ4n) is 2.17. The van der Waals surface area contributed by atoms with E-state index in [9.17, 15) is 10.1 Å². The topological polar surface area (TPSA) is 87.0 Å². The van der Waals surface area contributed by atoms with Crippen LogP contribution in [0.3, 0.4) is 0 Å². The summed E-state index contributed by atoms with van der Waals surface area (Å²) in [7, 11) is 0. The zero-order valence-electron chi connectivity index (χ0n) is 9.30. The highest BCUT2D eigenvalue weighted by molar-refractivity contribution is 5.51. The third-order valence-electron chi connectivity index (χ3n) is 3.33. The number of nitrogens with two attached hydrogens (primary N) is 1. The Hall–Kier alpha value is -1.59. The van der Waals surface area contributed by atoms with Crippen molar-refractivity contribution in [2.45, 2.75) is 38.6 Å². The fraction of sp³-hybridized carbons (Fsp3) is 0.700. The van der Waals surface area contributed by atoms with Gasteiger partial charge in [-0.1, -0.05) is 19.3 Å². The van der Waals surface area contributed by atoms with E-state index >= 15 is 0 Å². The van der Waals surface area contributed by atoms with Crippen molar-refractivity contribution in [1.29, 1.82) is 0 Å². The van der Waals surface area contributed by atoms with E-state index in [0.717, 1.165) is 12.3 Å². The van der Waals surface area contributed by atoms with Gasteiger partial charge in [-0.25, -0.2) is 4.68 Å². The van der Waals surface area contributed by atoms with Gasteiger partial charge in [-0.3, -0.25) is 10.1 Å². The Labute approximate surface area is 93.6 Å². The molecule has 1 aromatic heterocycles. The van der Waals surface area contributed by atoms with Crippen molar-refractivity contribution in [3.05, 3.63) is 16.3 Å². The third-order valence-corrected chi connectivity index (χ3v) is 3.33. The lowest BCUT2D eigenvalue weighted by molar-refractivity contribution is -0.384. The molecule has 1 unspecified atom stereocenters. The van der Waals surface area contributed by atoms with E-state index < -0.39 is 4.92 Å². The fourth-order valence-corrected chi connectivity index (χ4v) is 2.17.